The summed E-state index contributed by atoms with van der Waals surface area (Å²) < 4.78 is 5.46. The Morgan fingerprint density at radius 2 is 2.42 bits per heavy atom. The number of nitrogens with zero attached hydrogens (tertiary/aromatic N) is 1. The van der Waals surface area contributed by atoms with Crippen molar-refractivity contribution in [3.63, 3.8) is 0 Å². The Morgan fingerprint density at radius 3 is 3.26 bits per heavy atom. The summed E-state index contributed by atoms with van der Waals surface area (Å²) in [5, 5.41) is 3.33. The predicted molar refractivity (Wildman–Crippen MR) is 74.6 cm³/mol. The molecule has 1 fully saturated rings. The third kappa shape index (κ3) is 2.32. The first-order chi connectivity index (χ1) is 9.29. The number of anilines is 1. The van der Waals surface area contributed by atoms with Gasteiger partial charge in [0.25, 0.3) is 5.91 Å². The van der Waals surface area contributed by atoms with E-state index in [1.54, 1.807) is 0 Å². The Bertz CT molecular complexity index is 487. The largest absolute Gasteiger partial charge is 0.384 e. The molecule has 1 saturated heterocycles. The van der Waals surface area contributed by atoms with E-state index in [1.807, 2.05) is 17.0 Å². The van der Waals surface area contributed by atoms with E-state index in [4.69, 9.17) is 4.74 Å². The third-order valence-electron chi connectivity index (χ3n) is 4.03. The van der Waals surface area contributed by atoms with Gasteiger partial charge in [-0.2, -0.15) is 0 Å². The number of amides is 1. The van der Waals surface area contributed by atoms with Crippen molar-refractivity contribution in [3.05, 3.63) is 29.3 Å². The molecule has 1 aromatic rings. The summed E-state index contributed by atoms with van der Waals surface area (Å²) in [5.74, 6) is 0.131. The van der Waals surface area contributed by atoms with Gasteiger partial charge in [-0.1, -0.05) is 13.0 Å². The molecule has 1 aromatic carbocycles. The number of carbonyl (C=O) groups is 1. The predicted octanol–water partition coefficient (Wildman–Crippen LogP) is 1.91. The summed E-state index contributed by atoms with van der Waals surface area (Å²) in [6.07, 6.45) is 1.99. The maximum atomic E-state index is 12.6. The SMILES string of the molecule is CCC1COCCN1C(=O)c1ccc2c(c1)NCC2. The molecule has 0 aliphatic carbocycles. The van der Waals surface area contributed by atoms with Crippen LogP contribution in [0.3, 0.4) is 0 Å². The second-order valence-electron chi connectivity index (χ2n) is 5.18. The molecule has 0 saturated carbocycles. The van der Waals surface area contributed by atoms with Gasteiger partial charge >= 0.3 is 0 Å². The van der Waals surface area contributed by atoms with Gasteiger partial charge < -0.3 is 15.0 Å². The molecular weight excluding hydrogens is 240 g/mol. The molecule has 0 spiro atoms. The van der Waals surface area contributed by atoms with Crippen LogP contribution in [0.2, 0.25) is 0 Å². The van der Waals surface area contributed by atoms with E-state index in [-0.39, 0.29) is 11.9 Å². The van der Waals surface area contributed by atoms with Crippen molar-refractivity contribution >= 4 is 11.6 Å². The van der Waals surface area contributed by atoms with Gasteiger partial charge in [-0.3, -0.25) is 4.79 Å². The van der Waals surface area contributed by atoms with E-state index in [9.17, 15) is 4.79 Å². The molecule has 1 unspecified atom stereocenters. The minimum absolute atomic E-state index is 0.131. The highest BCUT2D eigenvalue weighted by Gasteiger charge is 2.27. The van der Waals surface area contributed by atoms with Crippen molar-refractivity contribution in [3.8, 4) is 0 Å². The molecule has 1 amide bonds. The molecule has 4 heteroatoms. The molecule has 0 bridgehead atoms. The summed E-state index contributed by atoms with van der Waals surface area (Å²) in [4.78, 5) is 14.6. The van der Waals surface area contributed by atoms with Crippen LogP contribution in [0, 0.1) is 0 Å². The molecular formula is C15H20N2O2. The average Bonchev–Trinajstić information content (AvgIpc) is 2.93. The van der Waals surface area contributed by atoms with Crippen molar-refractivity contribution in [1.82, 2.24) is 4.90 Å². The monoisotopic (exact) mass is 260 g/mol. The summed E-state index contributed by atoms with van der Waals surface area (Å²) >= 11 is 0. The molecule has 0 aromatic heterocycles. The van der Waals surface area contributed by atoms with Crippen LogP contribution in [-0.4, -0.2) is 43.2 Å². The van der Waals surface area contributed by atoms with Crippen molar-refractivity contribution < 1.29 is 9.53 Å². The highest BCUT2D eigenvalue weighted by molar-refractivity contribution is 5.95. The maximum Gasteiger partial charge on any atom is 0.254 e. The number of morpholine rings is 1. The zero-order valence-corrected chi connectivity index (χ0v) is 11.3. The van der Waals surface area contributed by atoms with Gasteiger partial charge in [-0.25, -0.2) is 0 Å². The van der Waals surface area contributed by atoms with Gasteiger partial charge in [0.15, 0.2) is 0 Å². The molecule has 19 heavy (non-hydrogen) atoms. The van der Waals surface area contributed by atoms with Crippen molar-refractivity contribution in [2.75, 3.05) is 31.6 Å². The Hall–Kier alpha value is -1.55. The fourth-order valence-electron chi connectivity index (χ4n) is 2.85. The number of benzene rings is 1. The van der Waals surface area contributed by atoms with Gasteiger partial charge in [0.05, 0.1) is 19.3 Å². The molecule has 2 aliphatic rings. The first-order valence-corrected chi connectivity index (χ1v) is 7.05. The number of hydrogen-bond donors (Lipinski definition) is 1. The van der Waals surface area contributed by atoms with Crippen LogP contribution >= 0.6 is 0 Å². The normalized spacial score (nSPS) is 21.9. The lowest BCUT2D eigenvalue weighted by Crippen LogP contribution is -2.48. The first-order valence-electron chi connectivity index (χ1n) is 7.05. The van der Waals surface area contributed by atoms with E-state index in [1.165, 1.54) is 5.56 Å². The van der Waals surface area contributed by atoms with Gasteiger partial charge in [0.2, 0.25) is 0 Å². The standard InChI is InChI=1S/C15H20N2O2/c1-2-13-10-19-8-7-17(13)15(18)12-4-3-11-5-6-16-14(11)9-12/h3-4,9,13,16H,2,5-8,10H2,1H3. The maximum absolute atomic E-state index is 12.6. The quantitative estimate of drug-likeness (QED) is 0.883. The molecule has 102 valence electrons. The smallest absolute Gasteiger partial charge is 0.254 e. The number of rotatable bonds is 2. The minimum atomic E-state index is 0.131. The first kappa shape index (κ1) is 12.5. The zero-order valence-electron chi connectivity index (χ0n) is 11.3. The van der Waals surface area contributed by atoms with Crippen LogP contribution < -0.4 is 5.32 Å². The second kappa shape index (κ2) is 5.21. The lowest BCUT2D eigenvalue weighted by Gasteiger charge is -2.35. The molecule has 2 aliphatic heterocycles. The van der Waals surface area contributed by atoms with E-state index < -0.39 is 0 Å². The highest BCUT2D eigenvalue weighted by Crippen LogP contribution is 2.24. The molecule has 1 atom stereocenters. The third-order valence-corrected chi connectivity index (χ3v) is 4.03. The number of carbonyl (C=O) groups excluding carboxylic acids is 1. The molecule has 1 N–H and O–H groups in total. The fraction of sp³-hybridized carbons (Fsp3) is 0.533. The topological polar surface area (TPSA) is 41.6 Å². The van der Waals surface area contributed by atoms with Crippen LogP contribution in [0.25, 0.3) is 0 Å². The van der Waals surface area contributed by atoms with E-state index in [0.717, 1.165) is 30.6 Å². The second-order valence-corrected chi connectivity index (χ2v) is 5.18. The minimum Gasteiger partial charge on any atom is -0.384 e. The van der Waals surface area contributed by atoms with E-state index in [0.29, 0.717) is 19.8 Å². The molecule has 3 rings (SSSR count). The highest BCUT2D eigenvalue weighted by atomic mass is 16.5. The van der Waals surface area contributed by atoms with Crippen LogP contribution in [0.15, 0.2) is 18.2 Å². The average molecular weight is 260 g/mol. The lowest BCUT2D eigenvalue weighted by molar-refractivity contribution is -0.00279. The Balaban J connectivity index is 1.82. The Kier molecular flexibility index (Phi) is 3.42. The van der Waals surface area contributed by atoms with E-state index >= 15 is 0 Å². The Morgan fingerprint density at radius 1 is 1.53 bits per heavy atom. The summed E-state index contributed by atoms with van der Waals surface area (Å²) in [6.45, 7) is 5.07. The van der Waals surface area contributed by atoms with Crippen molar-refractivity contribution in [2.24, 2.45) is 0 Å². The fourth-order valence-corrected chi connectivity index (χ4v) is 2.85. The van der Waals surface area contributed by atoms with Crippen molar-refractivity contribution in [1.29, 1.82) is 0 Å². The molecule has 2 heterocycles. The van der Waals surface area contributed by atoms with Crippen LogP contribution in [-0.2, 0) is 11.2 Å². The summed E-state index contributed by atoms with van der Waals surface area (Å²) in [5.41, 5.74) is 3.21. The van der Waals surface area contributed by atoms with Gasteiger partial charge in [-0.05, 0) is 30.5 Å². The van der Waals surface area contributed by atoms with Crippen LogP contribution in [0.1, 0.15) is 29.3 Å². The number of hydrogen-bond acceptors (Lipinski definition) is 3. The van der Waals surface area contributed by atoms with Crippen LogP contribution in [0.4, 0.5) is 5.69 Å². The number of ether oxygens (including phenoxy) is 1. The number of fused-ring (bicyclic) bond motifs is 1. The van der Waals surface area contributed by atoms with E-state index in [2.05, 4.69) is 18.3 Å². The summed E-state index contributed by atoms with van der Waals surface area (Å²) in [6, 6.07) is 6.23. The molecule has 0 radical (unpaired) electrons. The van der Waals surface area contributed by atoms with Crippen molar-refractivity contribution in [2.45, 2.75) is 25.8 Å². The number of nitrogens with one attached hydrogen (secondary N) is 1. The van der Waals surface area contributed by atoms with Gasteiger partial charge in [0.1, 0.15) is 0 Å². The van der Waals surface area contributed by atoms with Crippen LogP contribution in [0.5, 0.6) is 0 Å². The molecule has 4 nitrogen and oxygen atoms in total. The van der Waals surface area contributed by atoms with Gasteiger partial charge in [-0.15, -0.1) is 0 Å². The lowest BCUT2D eigenvalue weighted by atomic mass is 10.1. The zero-order chi connectivity index (χ0) is 13.2. The van der Waals surface area contributed by atoms with Gasteiger partial charge in [0, 0.05) is 24.3 Å². The Labute approximate surface area is 113 Å². The summed E-state index contributed by atoms with van der Waals surface area (Å²) in [7, 11) is 0.